The van der Waals surface area contributed by atoms with Crippen molar-refractivity contribution in [2.45, 2.75) is 58.3 Å². The van der Waals surface area contributed by atoms with E-state index in [1.165, 1.54) is 12.1 Å². The largest absolute Gasteiger partial charge is 0.299 e. The Hall–Kier alpha value is -2.29. The summed E-state index contributed by atoms with van der Waals surface area (Å²) in [6.07, 6.45) is 3.60. The Kier molecular flexibility index (Phi) is 5.59. The maximum absolute atomic E-state index is 13.1. The van der Waals surface area contributed by atoms with Crippen LogP contribution >= 0.6 is 0 Å². The first-order valence-electron chi connectivity index (χ1n) is 9.84. The monoisotopic (exact) mass is 366 g/mol. The molecular formula is C24H27FO2. The van der Waals surface area contributed by atoms with E-state index in [1.54, 1.807) is 12.1 Å². The summed E-state index contributed by atoms with van der Waals surface area (Å²) in [5.74, 6) is 0.215. The Balaban J connectivity index is 1.78. The summed E-state index contributed by atoms with van der Waals surface area (Å²) in [5.41, 5.74) is 3.29. The molecule has 3 heteroatoms. The van der Waals surface area contributed by atoms with Crippen molar-refractivity contribution in [2.75, 3.05) is 0 Å². The number of hydrogen-bond donors (Lipinski definition) is 0. The van der Waals surface area contributed by atoms with E-state index in [1.807, 2.05) is 32.9 Å². The zero-order valence-electron chi connectivity index (χ0n) is 16.3. The van der Waals surface area contributed by atoms with Gasteiger partial charge in [-0.1, -0.05) is 38.1 Å². The maximum atomic E-state index is 13.1. The highest BCUT2D eigenvalue weighted by Crippen LogP contribution is 2.43. The van der Waals surface area contributed by atoms with Crippen LogP contribution in [0.25, 0.3) is 0 Å². The fourth-order valence-electron chi connectivity index (χ4n) is 4.15. The van der Waals surface area contributed by atoms with Crippen molar-refractivity contribution in [1.82, 2.24) is 0 Å². The lowest BCUT2D eigenvalue weighted by atomic mass is 9.61. The highest BCUT2D eigenvalue weighted by Gasteiger charge is 2.47. The van der Waals surface area contributed by atoms with E-state index in [-0.39, 0.29) is 17.5 Å². The molecule has 1 aliphatic rings. The minimum atomic E-state index is -0.548. The number of benzene rings is 2. The van der Waals surface area contributed by atoms with Gasteiger partial charge in [0, 0.05) is 17.9 Å². The highest BCUT2D eigenvalue weighted by molar-refractivity contribution is 6.13. The van der Waals surface area contributed by atoms with Crippen LogP contribution in [0.1, 0.15) is 67.1 Å². The summed E-state index contributed by atoms with van der Waals surface area (Å²) in [5, 5.41) is 0. The van der Waals surface area contributed by atoms with Crippen LogP contribution in [0.2, 0.25) is 0 Å². The summed E-state index contributed by atoms with van der Waals surface area (Å²) in [7, 11) is 0. The van der Waals surface area contributed by atoms with Crippen LogP contribution in [-0.2, 0) is 23.1 Å². The van der Waals surface area contributed by atoms with Crippen molar-refractivity contribution in [3.8, 4) is 0 Å². The topological polar surface area (TPSA) is 34.1 Å². The van der Waals surface area contributed by atoms with E-state index in [0.717, 1.165) is 35.1 Å². The van der Waals surface area contributed by atoms with Gasteiger partial charge >= 0.3 is 0 Å². The molecule has 0 bridgehead atoms. The molecule has 0 saturated carbocycles. The first kappa shape index (κ1) is 19.5. The summed E-state index contributed by atoms with van der Waals surface area (Å²) in [6, 6.07) is 12.4. The predicted molar refractivity (Wildman–Crippen MR) is 106 cm³/mol. The van der Waals surface area contributed by atoms with Crippen molar-refractivity contribution in [2.24, 2.45) is 5.92 Å². The van der Waals surface area contributed by atoms with Crippen molar-refractivity contribution in [3.05, 3.63) is 70.5 Å². The van der Waals surface area contributed by atoms with Crippen molar-refractivity contribution >= 4 is 11.6 Å². The van der Waals surface area contributed by atoms with Crippen LogP contribution in [0.15, 0.2) is 42.5 Å². The molecule has 2 aromatic carbocycles. The highest BCUT2D eigenvalue weighted by atomic mass is 19.1. The molecule has 0 heterocycles. The van der Waals surface area contributed by atoms with E-state index in [0.29, 0.717) is 25.0 Å². The molecule has 0 amide bonds. The molecule has 2 atom stereocenters. The number of ketones is 2. The van der Waals surface area contributed by atoms with Crippen LogP contribution in [0.5, 0.6) is 0 Å². The number of Topliss-reactive ketones (excluding diaryl/α,β-unsaturated/α-hetero) is 2. The van der Waals surface area contributed by atoms with E-state index >= 15 is 0 Å². The van der Waals surface area contributed by atoms with Gasteiger partial charge in [-0.2, -0.15) is 0 Å². The van der Waals surface area contributed by atoms with E-state index in [4.69, 9.17) is 0 Å². The lowest BCUT2D eigenvalue weighted by Crippen LogP contribution is -2.45. The Morgan fingerprint density at radius 2 is 1.74 bits per heavy atom. The maximum Gasteiger partial charge on any atom is 0.173 e. The third-order valence-corrected chi connectivity index (χ3v) is 5.82. The third kappa shape index (κ3) is 3.73. The number of hydrogen-bond acceptors (Lipinski definition) is 2. The molecule has 3 rings (SSSR count). The van der Waals surface area contributed by atoms with Gasteiger partial charge in [0.15, 0.2) is 5.78 Å². The van der Waals surface area contributed by atoms with Gasteiger partial charge in [0.05, 0.1) is 5.41 Å². The van der Waals surface area contributed by atoms with Crippen LogP contribution in [0, 0.1) is 11.7 Å². The molecule has 2 nitrogen and oxygen atoms in total. The van der Waals surface area contributed by atoms with E-state index < -0.39 is 5.41 Å². The first-order valence-corrected chi connectivity index (χ1v) is 9.84. The smallest absolute Gasteiger partial charge is 0.173 e. The minimum Gasteiger partial charge on any atom is -0.299 e. The molecule has 142 valence electrons. The van der Waals surface area contributed by atoms with Gasteiger partial charge in [-0.3, -0.25) is 9.59 Å². The quantitative estimate of drug-likeness (QED) is 0.622. The Bertz CT molecular complexity index is 853. The Morgan fingerprint density at radius 3 is 2.37 bits per heavy atom. The molecule has 0 aliphatic heterocycles. The number of rotatable bonds is 8. The summed E-state index contributed by atoms with van der Waals surface area (Å²) < 4.78 is 13.1. The summed E-state index contributed by atoms with van der Waals surface area (Å²) >= 11 is 0. The van der Waals surface area contributed by atoms with Gasteiger partial charge in [0.25, 0.3) is 0 Å². The molecule has 0 aromatic heterocycles. The molecule has 0 saturated heterocycles. The zero-order chi connectivity index (χ0) is 19.6. The van der Waals surface area contributed by atoms with Gasteiger partial charge in [-0.25, -0.2) is 4.39 Å². The van der Waals surface area contributed by atoms with Gasteiger partial charge in [-0.05, 0) is 67.5 Å². The average molecular weight is 366 g/mol. The van der Waals surface area contributed by atoms with Crippen LogP contribution in [0.3, 0.4) is 0 Å². The lowest BCUT2D eigenvalue weighted by molar-refractivity contribution is -0.123. The second-order valence-electron chi connectivity index (χ2n) is 7.87. The minimum absolute atomic E-state index is 0.0313. The number of carbonyl (C=O) groups excluding carboxylic acids is 2. The predicted octanol–water partition coefficient (Wildman–Crippen LogP) is 5.46. The summed E-state index contributed by atoms with van der Waals surface area (Å²) in [6.45, 7) is 6.03. The van der Waals surface area contributed by atoms with Gasteiger partial charge in [0.1, 0.15) is 11.6 Å². The molecule has 1 aliphatic carbocycles. The Morgan fingerprint density at radius 1 is 1.07 bits per heavy atom. The van der Waals surface area contributed by atoms with Crippen molar-refractivity contribution in [1.29, 1.82) is 0 Å². The molecular weight excluding hydrogens is 339 g/mol. The third-order valence-electron chi connectivity index (χ3n) is 5.82. The van der Waals surface area contributed by atoms with Gasteiger partial charge in [-0.15, -0.1) is 0 Å². The van der Waals surface area contributed by atoms with Crippen molar-refractivity contribution < 1.29 is 14.0 Å². The molecule has 2 unspecified atom stereocenters. The molecule has 0 fully saturated rings. The van der Waals surface area contributed by atoms with E-state index in [9.17, 15) is 14.0 Å². The standard InChI is InChI=1S/C24H27FO2/c1-4-6-22(26)18(5-2)13-17-9-12-21-20(14-17)23(27)24(21,3)15-16-7-10-19(25)11-8-16/h7-12,14,18H,4-6,13,15H2,1-3H3. The van der Waals surface area contributed by atoms with Crippen LogP contribution < -0.4 is 0 Å². The molecule has 0 spiro atoms. The first-order chi connectivity index (χ1) is 12.9. The molecule has 2 aromatic rings. The van der Waals surface area contributed by atoms with Crippen LogP contribution in [0.4, 0.5) is 4.39 Å². The molecule has 0 N–H and O–H groups in total. The second kappa shape index (κ2) is 7.75. The molecule has 0 radical (unpaired) electrons. The number of fused-ring (bicyclic) bond motifs is 1. The lowest BCUT2D eigenvalue weighted by Gasteiger charge is -2.40. The number of carbonyl (C=O) groups is 2. The zero-order valence-corrected chi connectivity index (χ0v) is 16.3. The average Bonchev–Trinajstić information content (AvgIpc) is 2.67. The summed E-state index contributed by atoms with van der Waals surface area (Å²) in [4.78, 5) is 25.1. The fourth-order valence-corrected chi connectivity index (χ4v) is 4.15. The SMILES string of the molecule is CCCC(=O)C(CC)Cc1ccc2c(c1)C(=O)C2(C)Cc1ccc(F)cc1. The molecule has 27 heavy (non-hydrogen) atoms. The van der Waals surface area contributed by atoms with Gasteiger partial charge < -0.3 is 0 Å². The Labute approximate surface area is 160 Å². The van der Waals surface area contributed by atoms with Crippen molar-refractivity contribution in [3.63, 3.8) is 0 Å². The van der Waals surface area contributed by atoms with Gasteiger partial charge in [0.2, 0.25) is 0 Å². The number of halogens is 1. The fraction of sp³-hybridized carbons (Fsp3) is 0.417. The normalized spacial score (nSPS) is 19.3. The second-order valence-corrected chi connectivity index (χ2v) is 7.87. The van der Waals surface area contributed by atoms with E-state index in [2.05, 4.69) is 6.07 Å². The van der Waals surface area contributed by atoms with Crippen LogP contribution in [-0.4, -0.2) is 11.6 Å².